The summed E-state index contributed by atoms with van der Waals surface area (Å²) < 4.78 is 12.3. The molecule has 0 unspecified atom stereocenters. The number of hydrogen-bond donors (Lipinski definition) is 1. The molecule has 0 atom stereocenters. The van der Waals surface area contributed by atoms with E-state index in [2.05, 4.69) is 15.5 Å². The number of nitrogens with zero attached hydrogens (tertiary/aromatic N) is 4. The maximum absolute atomic E-state index is 5.99. The molecule has 0 aliphatic rings. The predicted octanol–water partition coefficient (Wildman–Crippen LogP) is 2.24. The molecule has 7 nitrogen and oxygen atoms in total. The van der Waals surface area contributed by atoms with Crippen molar-refractivity contribution < 1.29 is 9.47 Å². The molecule has 3 aromatic rings. The van der Waals surface area contributed by atoms with E-state index in [1.54, 1.807) is 18.9 Å². The summed E-state index contributed by atoms with van der Waals surface area (Å²) in [7, 11) is 3.20. The fourth-order valence-corrected chi connectivity index (χ4v) is 2.27. The quantitative estimate of drug-likeness (QED) is 0.743. The Labute approximate surface area is 133 Å². The van der Waals surface area contributed by atoms with Gasteiger partial charge in [-0.15, -0.1) is 5.10 Å². The van der Waals surface area contributed by atoms with Crippen molar-refractivity contribution in [2.45, 2.75) is 6.92 Å². The van der Waals surface area contributed by atoms with E-state index in [0.717, 1.165) is 11.1 Å². The fraction of sp³-hybridized carbons (Fsp3) is 0.188. The van der Waals surface area contributed by atoms with Gasteiger partial charge in [0.2, 0.25) is 0 Å². The molecule has 0 aliphatic carbocycles. The summed E-state index contributed by atoms with van der Waals surface area (Å²) in [6.07, 6.45) is 0. The molecule has 2 N–H and O–H groups in total. The van der Waals surface area contributed by atoms with Crippen LogP contribution in [0.2, 0.25) is 0 Å². The van der Waals surface area contributed by atoms with Crippen LogP contribution in [0, 0.1) is 6.92 Å². The molecular weight excluding hydrogens is 294 g/mol. The van der Waals surface area contributed by atoms with Crippen molar-refractivity contribution in [2.75, 3.05) is 20.0 Å². The van der Waals surface area contributed by atoms with Crippen molar-refractivity contribution in [3.63, 3.8) is 0 Å². The molecule has 7 heteroatoms. The first-order chi connectivity index (χ1) is 11.1. The number of nitrogens with two attached hydrogens (primary N) is 1. The second kappa shape index (κ2) is 5.96. The van der Waals surface area contributed by atoms with Crippen molar-refractivity contribution in [1.29, 1.82) is 0 Å². The maximum Gasteiger partial charge on any atom is 0.187 e. The van der Waals surface area contributed by atoms with Crippen LogP contribution in [0.4, 0.5) is 5.69 Å². The highest BCUT2D eigenvalue weighted by atomic mass is 16.5. The van der Waals surface area contributed by atoms with Gasteiger partial charge in [0.1, 0.15) is 17.2 Å². The van der Waals surface area contributed by atoms with Crippen LogP contribution in [0.3, 0.4) is 0 Å². The van der Waals surface area contributed by atoms with Crippen LogP contribution in [0.1, 0.15) is 5.56 Å². The number of hydrogen-bond acceptors (Lipinski definition) is 6. The monoisotopic (exact) mass is 311 g/mol. The first-order valence-corrected chi connectivity index (χ1v) is 7.01. The van der Waals surface area contributed by atoms with Crippen molar-refractivity contribution in [3.05, 3.63) is 42.0 Å². The lowest BCUT2D eigenvalue weighted by atomic mass is 10.1. The molecule has 118 valence electrons. The zero-order chi connectivity index (χ0) is 16.4. The van der Waals surface area contributed by atoms with Crippen LogP contribution in [0.25, 0.3) is 17.1 Å². The van der Waals surface area contributed by atoms with Crippen molar-refractivity contribution in [1.82, 2.24) is 20.2 Å². The third-order valence-corrected chi connectivity index (χ3v) is 3.62. The zero-order valence-electron chi connectivity index (χ0n) is 13.1. The summed E-state index contributed by atoms with van der Waals surface area (Å²) in [5.41, 5.74) is 9.20. The van der Waals surface area contributed by atoms with Crippen molar-refractivity contribution >= 4 is 5.69 Å². The molecule has 0 spiro atoms. The molecule has 0 radical (unpaired) electrons. The first-order valence-electron chi connectivity index (χ1n) is 7.01. The number of tetrazole rings is 1. The molecule has 1 heterocycles. The molecule has 0 saturated carbocycles. The fourth-order valence-electron chi connectivity index (χ4n) is 2.27. The largest absolute Gasteiger partial charge is 0.497 e. The highest BCUT2D eigenvalue weighted by Gasteiger charge is 2.16. The van der Waals surface area contributed by atoms with Gasteiger partial charge in [0.05, 0.1) is 14.2 Å². The Morgan fingerprint density at radius 2 is 1.87 bits per heavy atom. The number of methoxy groups -OCH3 is 2. The van der Waals surface area contributed by atoms with Gasteiger partial charge in [0.25, 0.3) is 0 Å². The molecule has 0 fully saturated rings. The van der Waals surface area contributed by atoms with Crippen LogP contribution in [-0.4, -0.2) is 34.4 Å². The Bertz CT molecular complexity index is 844. The van der Waals surface area contributed by atoms with Gasteiger partial charge in [-0.05, 0) is 41.1 Å². The topological polar surface area (TPSA) is 88.1 Å². The Morgan fingerprint density at radius 3 is 2.57 bits per heavy atom. The number of aromatic nitrogens is 4. The molecule has 3 rings (SSSR count). The zero-order valence-corrected chi connectivity index (χ0v) is 13.1. The first kappa shape index (κ1) is 14.8. The van der Waals surface area contributed by atoms with Gasteiger partial charge in [-0.3, -0.25) is 0 Å². The highest BCUT2D eigenvalue weighted by molar-refractivity contribution is 5.66. The highest BCUT2D eigenvalue weighted by Crippen LogP contribution is 2.30. The average molecular weight is 311 g/mol. The van der Waals surface area contributed by atoms with Gasteiger partial charge in [0.15, 0.2) is 5.82 Å². The van der Waals surface area contributed by atoms with E-state index in [0.29, 0.717) is 28.7 Å². The van der Waals surface area contributed by atoms with Gasteiger partial charge < -0.3 is 15.2 Å². The van der Waals surface area contributed by atoms with Crippen molar-refractivity contribution in [3.8, 4) is 28.6 Å². The molecular formula is C16H17N5O2. The van der Waals surface area contributed by atoms with E-state index < -0.39 is 0 Å². The van der Waals surface area contributed by atoms with E-state index in [1.807, 2.05) is 43.3 Å². The molecule has 23 heavy (non-hydrogen) atoms. The Hall–Kier alpha value is -3.09. The van der Waals surface area contributed by atoms with Crippen LogP contribution in [0.15, 0.2) is 36.4 Å². The molecule has 0 aliphatic heterocycles. The SMILES string of the molecule is COc1ccc(OC)c(-n2nnnc2-c2ccc(C)c(N)c2)c1. The number of ether oxygens (including phenoxy) is 2. The normalized spacial score (nSPS) is 10.6. The minimum Gasteiger partial charge on any atom is -0.497 e. The standard InChI is InChI=1S/C16H17N5O2/c1-10-4-5-11(8-13(10)17)16-18-19-20-21(16)14-9-12(22-2)6-7-15(14)23-3/h4-9H,17H2,1-3H3. The van der Waals surface area contributed by atoms with Gasteiger partial charge in [0, 0.05) is 17.3 Å². The third-order valence-electron chi connectivity index (χ3n) is 3.62. The lowest BCUT2D eigenvalue weighted by molar-refractivity contribution is 0.400. The number of rotatable bonds is 4. The predicted molar refractivity (Wildman–Crippen MR) is 86.8 cm³/mol. The van der Waals surface area contributed by atoms with E-state index >= 15 is 0 Å². The number of aryl methyl sites for hydroxylation is 1. The molecule has 0 amide bonds. The molecule has 0 saturated heterocycles. The smallest absolute Gasteiger partial charge is 0.187 e. The van der Waals surface area contributed by atoms with Crippen LogP contribution in [0.5, 0.6) is 11.5 Å². The summed E-state index contributed by atoms with van der Waals surface area (Å²) in [4.78, 5) is 0. The molecule has 1 aromatic heterocycles. The van der Waals surface area contributed by atoms with Gasteiger partial charge in [-0.1, -0.05) is 12.1 Å². The van der Waals surface area contributed by atoms with Crippen molar-refractivity contribution in [2.24, 2.45) is 0 Å². The second-order valence-electron chi connectivity index (χ2n) is 5.02. The average Bonchev–Trinajstić information content (AvgIpc) is 3.06. The number of benzene rings is 2. The second-order valence-corrected chi connectivity index (χ2v) is 5.02. The summed E-state index contributed by atoms with van der Waals surface area (Å²) in [5.74, 6) is 1.90. The Balaban J connectivity index is 2.16. The minimum absolute atomic E-state index is 0.572. The van der Waals surface area contributed by atoms with E-state index in [1.165, 1.54) is 0 Å². The summed E-state index contributed by atoms with van der Waals surface area (Å²) in [6.45, 7) is 1.95. The Kier molecular flexibility index (Phi) is 3.84. The van der Waals surface area contributed by atoms with Crippen LogP contribution in [-0.2, 0) is 0 Å². The number of anilines is 1. The molecule has 2 aromatic carbocycles. The van der Waals surface area contributed by atoms with Gasteiger partial charge in [-0.2, -0.15) is 4.68 Å². The minimum atomic E-state index is 0.572. The number of nitrogen functional groups attached to an aromatic ring is 1. The Morgan fingerprint density at radius 1 is 1.04 bits per heavy atom. The summed E-state index contributed by atoms with van der Waals surface area (Å²) in [5, 5.41) is 12.0. The van der Waals surface area contributed by atoms with E-state index in [-0.39, 0.29) is 0 Å². The molecule has 0 bridgehead atoms. The third kappa shape index (κ3) is 2.68. The lowest BCUT2D eigenvalue weighted by Gasteiger charge is -2.12. The van der Waals surface area contributed by atoms with Crippen LogP contribution < -0.4 is 15.2 Å². The maximum atomic E-state index is 5.99. The van der Waals surface area contributed by atoms with Gasteiger partial charge in [-0.25, -0.2) is 0 Å². The van der Waals surface area contributed by atoms with Crippen LogP contribution >= 0.6 is 0 Å². The summed E-state index contributed by atoms with van der Waals surface area (Å²) >= 11 is 0. The summed E-state index contributed by atoms with van der Waals surface area (Å²) in [6, 6.07) is 11.2. The lowest BCUT2D eigenvalue weighted by Crippen LogP contribution is -2.03. The van der Waals surface area contributed by atoms with E-state index in [9.17, 15) is 0 Å². The van der Waals surface area contributed by atoms with Gasteiger partial charge >= 0.3 is 0 Å². The van der Waals surface area contributed by atoms with E-state index in [4.69, 9.17) is 15.2 Å².